The quantitative estimate of drug-likeness (QED) is 0.795. The van der Waals surface area contributed by atoms with Crippen LogP contribution in [0.25, 0.3) is 0 Å². The van der Waals surface area contributed by atoms with Gasteiger partial charge in [-0.25, -0.2) is 0 Å². The third-order valence-corrected chi connectivity index (χ3v) is 4.54. The molecular weight excluding hydrogens is 298 g/mol. The Morgan fingerprint density at radius 2 is 1.58 bits per heavy atom. The summed E-state index contributed by atoms with van der Waals surface area (Å²) in [6.07, 6.45) is 1.06. The Labute approximate surface area is 144 Å². The van der Waals surface area contributed by atoms with Crippen LogP contribution in [0.3, 0.4) is 0 Å². The van der Waals surface area contributed by atoms with Gasteiger partial charge in [-0.05, 0) is 36.2 Å². The Hall–Kier alpha value is -2.04. The molecule has 24 heavy (non-hydrogen) atoms. The maximum absolute atomic E-state index is 5.81. The normalized spacial score (nSPS) is 15.5. The van der Waals surface area contributed by atoms with Crippen molar-refractivity contribution in [1.29, 1.82) is 0 Å². The number of rotatable bonds is 7. The zero-order valence-electron chi connectivity index (χ0n) is 14.2. The number of benzene rings is 2. The summed E-state index contributed by atoms with van der Waals surface area (Å²) in [4.78, 5) is 4.99. The minimum Gasteiger partial charge on any atom is -0.494 e. The highest BCUT2D eigenvalue weighted by atomic mass is 16.5. The van der Waals surface area contributed by atoms with E-state index in [1.54, 1.807) is 0 Å². The van der Waals surface area contributed by atoms with Gasteiger partial charge < -0.3 is 15.4 Å². The number of nitrogens with zero attached hydrogens (tertiary/aromatic N) is 2. The second kappa shape index (κ2) is 8.71. The number of hydrogen-bond acceptors (Lipinski definition) is 4. The smallest absolute Gasteiger partial charge is 0.119 e. The molecule has 0 saturated carbocycles. The first kappa shape index (κ1) is 16.8. The van der Waals surface area contributed by atoms with Gasteiger partial charge in [0.1, 0.15) is 5.75 Å². The summed E-state index contributed by atoms with van der Waals surface area (Å²) in [5.74, 6) is 0.932. The maximum Gasteiger partial charge on any atom is 0.119 e. The summed E-state index contributed by atoms with van der Waals surface area (Å²) < 4.78 is 5.81. The highest BCUT2D eigenvalue weighted by Gasteiger charge is 2.16. The summed E-state index contributed by atoms with van der Waals surface area (Å²) in [6.45, 7) is 6.90. The molecule has 0 radical (unpaired) electrons. The lowest BCUT2D eigenvalue weighted by molar-refractivity contribution is 0.224. The van der Waals surface area contributed by atoms with Crippen LogP contribution in [-0.2, 0) is 6.54 Å². The summed E-state index contributed by atoms with van der Waals surface area (Å²) in [7, 11) is 0. The van der Waals surface area contributed by atoms with Gasteiger partial charge in [-0.2, -0.15) is 0 Å². The first-order chi connectivity index (χ1) is 11.8. The fraction of sp³-hybridized carbons (Fsp3) is 0.400. The van der Waals surface area contributed by atoms with Gasteiger partial charge in [0.05, 0.1) is 6.61 Å². The van der Waals surface area contributed by atoms with Crippen LogP contribution in [0.1, 0.15) is 12.0 Å². The Kier molecular flexibility index (Phi) is 6.10. The number of para-hydroxylation sites is 1. The van der Waals surface area contributed by atoms with Gasteiger partial charge in [0, 0.05) is 45.0 Å². The molecule has 1 aliphatic rings. The predicted octanol–water partition coefficient (Wildman–Crippen LogP) is 2.74. The van der Waals surface area contributed by atoms with Crippen LogP contribution in [-0.4, -0.2) is 44.2 Å². The van der Waals surface area contributed by atoms with Crippen molar-refractivity contribution in [2.45, 2.75) is 13.0 Å². The molecule has 3 rings (SSSR count). The minimum atomic E-state index is 0.579. The highest BCUT2D eigenvalue weighted by molar-refractivity contribution is 5.46. The summed E-state index contributed by atoms with van der Waals surface area (Å²) >= 11 is 0. The SMILES string of the molecule is NCc1ccc(OCCCN2CCN(c3ccccc3)CC2)cc1. The molecule has 1 fully saturated rings. The number of nitrogens with two attached hydrogens (primary N) is 1. The highest BCUT2D eigenvalue weighted by Crippen LogP contribution is 2.16. The van der Waals surface area contributed by atoms with Crippen LogP contribution >= 0.6 is 0 Å². The predicted molar refractivity (Wildman–Crippen MR) is 99.5 cm³/mol. The van der Waals surface area contributed by atoms with Crippen LogP contribution in [0.2, 0.25) is 0 Å². The van der Waals surface area contributed by atoms with Crippen molar-refractivity contribution in [3.05, 3.63) is 60.2 Å². The summed E-state index contributed by atoms with van der Waals surface area (Å²) in [5, 5.41) is 0. The summed E-state index contributed by atoms with van der Waals surface area (Å²) in [6, 6.07) is 18.7. The van der Waals surface area contributed by atoms with Crippen molar-refractivity contribution in [3.8, 4) is 5.75 Å². The average Bonchev–Trinajstić information content (AvgIpc) is 2.67. The van der Waals surface area contributed by atoms with E-state index in [2.05, 4.69) is 40.1 Å². The third-order valence-electron chi connectivity index (χ3n) is 4.54. The second-order valence-electron chi connectivity index (χ2n) is 6.21. The third kappa shape index (κ3) is 4.73. The van der Waals surface area contributed by atoms with E-state index in [1.807, 2.05) is 24.3 Å². The van der Waals surface area contributed by atoms with Crippen molar-refractivity contribution >= 4 is 5.69 Å². The number of anilines is 1. The summed E-state index contributed by atoms with van der Waals surface area (Å²) in [5.41, 5.74) is 8.07. The van der Waals surface area contributed by atoms with Gasteiger partial charge in [0.2, 0.25) is 0 Å². The Balaban J connectivity index is 1.33. The van der Waals surface area contributed by atoms with E-state index in [-0.39, 0.29) is 0 Å². The molecule has 4 heteroatoms. The molecule has 1 saturated heterocycles. The van der Waals surface area contributed by atoms with E-state index in [9.17, 15) is 0 Å². The molecule has 0 aliphatic carbocycles. The van der Waals surface area contributed by atoms with Gasteiger partial charge in [-0.1, -0.05) is 30.3 Å². The molecule has 2 aromatic rings. The zero-order chi connectivity index (χ0) is 16.6. The fourth-order valence-corrected chi connectivity index (χ4v) is 3.07. The van der Waals surface area contributed by atoms with Crippen molar-refractivity contribution < 1.29 is 4.74 Å². The molecule has 0 atom stereocenters. The number of ether oxygens (including phenoxy) is 1. The number of piperazine rings is 1. The molecule has 1 heterocycles. The lowest BCUT2D eigenvalue weighted by atomic mass is 10.2. The molecular formula is C20H27N3O. The molecule has 2 aromatic carbocycles. The first-order valence-corrected chi connectivity index (χ1v) is 8.79. The van der Waals surface area contributed by atoms with Crippen molar-refractivity contribution in [2.75, 3.05) is 44.2 Å². The van der Waals surface area contributed by atoms with Crippen molar-refractivity contribution in [3.63, 3.8) is 0 Å². The van der Waals surface area contributed by atoms with Gasteiger partial charge >= 0.3 is 0 Å². The number of hydrogen-bond donors (Lipinski definition) is 1. The molecule has 128 valence electrons. The van der Waals surface area contributed by atoms with Crippen LogP contribution < -0.4 is 15.4 Å². The molecule has 4 nitrogen and oxygen atoms in total. The maximum atomic E-state index is 5.81. The Bertz CT molecular complexity index is 592. The van der Waals surface area contributed by atoms with Crippen molar-refractivity contribution in [1.82, 2.24) is 4.90 Å². The molecule has 1 aliphatic heterocycles. The largest absolute Gasteiger partial charge is 0.494 e. The minimum absolute atomic E-state index is 0.579. The second-order valence-corrected chi connectivity index (χ2v) is 6.21. The Morgan fingerprint density at radius 1 is 0.875 bits per heavy atom. The van der Waals surface area contributed by atoms with E-state index in [0.717, 1.165) is 57.1 Å². The van der Waals surface area contributed by atoms with Gasteiger partial charge in [0.25, 0.3) is 0 Å². The van der Waals surface area contributed by atoms with Gasteiger partial charge in [-0.15, -0.1) is 0 Å². The standard InChI is InChI=1S/C20H27N3O/c21-17-18-7-9-20(10-8-18)24-16-4-11-22-12-14-23(15-13-22)19-5-2-1-3-6-19/h1-3,5-10H,4,11-17,21H2. The molecule has 2 N–H and O–H groups in total. The van der Waals surface area contributed by atoms with Crippen LogP contribution in [0.5, 0.6) is 5.75 Å². The molecule has 0 bridgehead atoms. The van der Waals surface area contributed by atoms with Crippen molar-refractivity contribution in [2.24, 2.45) is 5.73 Å². The van der Waals surface area contributed by atoms with E-state index in [1.165, 1.54) is 5.69 Å². The van der Waals surface area contributed by atoms with E-state index in [0.29, 0.717) is 6.54 Å². The topological polar surface area (TPSA) is 41.7 Å². The monoisotopic (exact) mass is 325 g/mol. The van der Waals surface area contributed by atoms with Crippen LogP contribution in [0, 0.1) is 0 Å². The average molecular weight is 325 g/mol. The lowest BCUT2D eigenvalue weighted by Crippen LogP contribution is -2.46. The van der Waals surface area contributed by atoms with Gasteiger partial charge in [-0.3, -0.25) is 4.90 Å². The van der Waals surface area contributed by atoms with Crippen LogP contribution in [0.4, 0.5) is 5.69 Å². The Morgan fingerprint density at radius 3 is 2.25 bits per heavy atom. The zero-order valence-corrected chi connectivity index (χ0v) is 14.2. The molecule has 0 spiro atoms. The lowest BCUT2D eigenvalue weighted by Gasteiger charge is -2.36. The van der Waals surface area contributed by atoms with E-state index < -0.39 is 0 Å². The molecule has 0 unspecified atom stereocenters. The van der Waals surface area contributed by atoms with E-state index in [4.69, 9.17) is 10.5 Å². The fourth-order valence-electron chi connectivity index (χ4n) is 3.07. The molecule has 0 amide bonds. The molecule has 0 aromatic heterocycles. The van der Waals surface area contributed by atoms with E-state index >= 15 is 0 Å². The van der Waals surface area contributed by atoms with Crippen LogP contribution in [0.15, 0.2) is 54.6 Å². The van der Waals surface area contributed by atoms with Gasteiger partial charge in [0.15, 0.2) is 0 Å². The first-order valence-electron chi connectivity index (χ1n) is 8.79.